The number of amides is 1. The van der Waals surface area contributed by atoms with Gasteiger partial charge >= 0.3 is 0 Å². The van der Waals surface area contributed by atoms with Gasteiger partial charge in [0, 0.05) is 18.4 Å². The van der Waals surface area contributed by atoms with Crippen molar-refractivity contribution in [1.82, 2.24) is 9.97 Å². The van der Waals surface area contributed by atoms with Crippen LogP contribution in [-0.4, -0.2) is 15.9 Å². The van der Waals surface area contributed by atoms with E-state index in [2.05, 4.69) is 15.3 Å². The summed E-state index contributed by atoms with van der Waals surface area (Å²) in [6, 6.07) is 15.8. The molecule has 2 N–H and O–H groups in total. The Morgan fingerprint density at radius 3 is 2.76 bits per heavy atom. The number of hydrogen-bond donors (Lipinski definition) is 2. The summed E-state index contributed by atoms with van der Waals surface area (Å²) in [5.41, 5.74) is 3.94. The highest BCUT2D eigenvalue weighted by atomic mass is 32.2. The van der Waals surface area contributed by atoms with Gasteiger partial charge in [-0.15, -0.1) is 0 Å². The molecule has 0 spiro atoms. The van der Waals surface area contributed by atoms with E-state index in [1.165, 1.54) is 6.92 Å². The Balaban J connectivity index is 1.76. The minimum Gasteiger partial charge on any atom is -0.333 e. The summed E-state index contributed by atoms with van der Waals surface area (Å²) in [5.74, 6) is 0.687. The molecule has 0 saturated carbocycles. The molecule has 1 amide bonds. The molecule has 0 saturated heterocycles. The van der Waals surface area contributed by atoms with Crippen LogP contribution in [0, 0.1) is 0 Å². The van der Waals surface area contributed by atoms with Crippen molar-refractivity contribution in [3.8, 4) is 0 Å². The van der Waals surface area contributed by atoms with Crippen molar-refractivity contribution in [2.45, 2.75) is 17.8 Å². The van der Waals surface area contributed by atoms with E-state index in [1.54, 1.807) is 11.8 Å². The molecule has 0 fully saturated rings. The van der Waals surface area contributed by atoms with E-state index >= 15 is 0 Å². The second-order valence-corrected chi connectivity index (χ2v) is 5.65. The minimum atomic E-state index is -0.0591. The lowest BCUT2D eigenvalue weighted by Crippen LogP contribution is -2.07. The first-order valence-electron chi connectivity index (χ1n) is 6.65. The molecule has 3 rings (SSSR count). The first-order valence-corrected chi connectivity index (χ1v) is 7.64. The quantitative estimate of drug-likeness (QED) is 0.720. The van der Waals surface area contributed by atoms with E-state index in [-0.39, 0.29) is 5.91 Å². The lowest BCUT2D eigenvalue weighted by molar-refractivity contribution is -0.114. The summed E-state index contributed by atoms with van der Waals surface area (Å²) in [4.78, 5) is 19.0. The summed E-state index contributed by atoms with van der Waals surface area (Å²) >= 11 is 1.62. The molecule has 0 atom stereocenters. The maximum absolute atomic E-state index is 11.2. The van der Waals surface area contributed by atoms with Crippen LogP contribution < -0.4 is 5.32 Å². The highest BCUT2D eigenvalue weighted by Gasteiger charge is 2.06. The standard InChI is InChI=1S/C16H15N3OS/c1-11(20)17-13-7-3-2-6-12(13)10-21-16-18-14-8-4-5-9-15(14)19-16/h2-9H,10H2,1H3,(H,17,20)(H,18,19). The van der Waals surface area contributed by atoms with E-state index in [1.807, 2.05) is 48.5 Å². The third-order valence-electron chi connectivity index (χ3n) is 3.06. The Morgan fingerprint density at radius 2 is 1.95 bits per heavy atom. The molecule has 1 aromatic heterocycles. The smallest absolute Gasteiger partial charge is 0.221 e. The minimum absolute atomic E-state index is 0.0591. The first-order chi connectivity index (χ1) is 10.2. The molecule has 2 aromatic carbocycles. The molecule has 1 heterocycles. The summed E-state index contributed by atoms with van der Waals surface area (Å²) in [6.45, 7) is 1.52. The summed E-state index contributed by atoms with van der Waals surface area (Å²) in [7, 11) is 0. The van der Waals surface area contributed by atoms with Crippen LogP contribution >= 0.6 is 11.8 Å². The number of imidazole rings is 1. The molecule has 0 aliphatic heterocycles. The van der Waals surface area contributed by atoms with Gasteiger partial charge in [-0.1, -0.05) is 42.1 Å². The average molecular weight is 297 g/mol. The second-order valence-electron chi connectivity index (χ2n) is 4.69. The third kappa shape index (κ3) is 3.25. The Morgan fingerprint density at radius 1 is 1.19 bits per heavy atom. The van der Waals surface area contributed by atoms with Crippen molar-refractivity contribution in [3.63, 3.8) is 0 Å². The number of aromatic nitrogens is 2. The van der Waals surface area contributed by atoms with E-state index in [0.29, 0.717) is 0 Å². The Hall–Kier alpha value is -2.27. The number of carbonyl (C=O) groups excluding carboxylic acids is 1. The lowest BCUT2D eigenvalue weighted by atomic mass is 10.2. The molecule has 4 nitrogen and oxygen atoms in total. The number of hydrogen-bond acceptors (Lipinski definition) is 3. The summed E-state index contributed by atoms with van der Waals surface area (Å²) in [6.07, 6.45) is 0. The number of aromatic amines is 1. The molecule has 3 aromatic rings. The second kappa shape index (κ2) is 6.01. The van der Waals surface area contributed by atoms with Crippen molar-refractivity contribution in [1.29, 1.82) is 0 Å². The van der Waals surface area contributed by atoms with E-state index in [0.717, 1.165) is 33.2 Å². The van der Waals surface area contributed by atoms with Crippen molar-refractivity contribution in [2.75, 3.05) is 5.32 Å². The highest BCUT2D eigenvalue weighted by molar-refractivity contribution is 7.98. The van der Waals surface area contributed by atoms with Crippen LogP contribution in [0.1, 0.15) is 12.5 Å². The largest absolute Gasteiger partial charge is 0.333 e. The number of carbonyl (C=O) groups is 1. The predicted octanol–water partition coefficient (Wildman–Crippen LogP) is 3.81. The number of nitrogens with zero attached hydrogens (tertiary/aromatic N) is 1. The number of benzene rings is 2. The number of nitrogens with one attached hydrogen (secondary N) is 2. The average Bonchev–Trinajstić information content (AvgIpc) is 2.88. The van der Waals surface area contributed by atoms with Crippen molar-refractivity contribution >= 4 is 34.4 Å². The van der Waals surface area contributed by atoms with Gasteiger partial charge in [0.15, 0.2) is 5.16 Å². The highest BCUT2D eigenvalue weighted by Crippen LogP contribution is 2.26. The number of H-pyrrole nitrogens is 1. The number of para-hydroxylation sites is 3. The van der Waals surface area contributed by atoms with Gasteiger partial charge in [0.05, 0.1) is 11.0 Å². The normalized spacial score (nSPS) is 10.7. The van der Waals surface area contributed by atoms with Crippen LogP contribution in [0.4, 0.5) is 5.69 Å². The molecule has 21 heavy (non-hydrogen) atoms. The monoisotopic (exact) mass is 297 g/mol. The van der Waals surface area contributed by atoms with Crippen LogP contribution in [0.5, 0.6) is 0 Å². The molecular weight excluding hydrogens is 282 g/mol. The predicted molar refractivity (Wildman–Crippen MR) is 86.4 cm³/mol. The Kier molecular flexibility index (Phi) is 3.92. The van der Waals surface area contributed by atoms with Gasteiger partial charge in [0.25, 0.3) is 0 Å². The van der Waals surface area contributed by atoms with Crippen LogP contribution in [0.25, 0.3) is 11.0 Å². The number of anilines is 1. The fourth-order valence-corrected chi connectivity index (χ4v) is 2.99. The zero-order valence-corrected chi connectivity index (χ0v) is 12.4. The van der Waals surface area contributed by atoms with Crippen LogP contribution in [-0.2, 0) is 10.5 Å². The molecule has 0 unspecified atom stereocenters. The van der Waals surface area contributed by atoms with Gasteiger partial charge in [0.2, 0.25) is 5.91 Å². The van der Waals surface area contributed by atoms with Crippen molar-refractivity contribution < 1.29 is 4.79 Å². The van der Waals surface area contributed by atoms with Crippen LogP contribution in [0.3, 0.4) is 0 Å². The molecule has 106 valence electrons. The van der Waals surface area contributed by atoms with E-state index < -0.39 is 0 Å². The fraction of sp³-hybridized carbons (Fsp3) is 0.125. The van der Waals surface area contributed by atoms with Gasteiger partial charge in [-0.05, 0) is 23.8 Å². The zero-order valence-electron chi connectivity index (χ0n) is 11.6. The Bertz CT molecular complexity index is 749. The molecule has 0 aliphatic carbocycles. The van der Waals surface area contributed by atoms with Gasteiger partial charge in [-0.3, -0.25) is 4.79 Å². The van der Waals surface area contributed by atoms with Crippen molar-refractivity contribution in [2.24, 2.45) is 0 Å². The maximum atomic E-state index is 11.2. The first kappa shape index (κ1) is 13.7. The summed E-state index contributed by atoms with van der Waals surface area (Å²) < 4.78 is 0. The molecule has 0 bridgehead atoms. The van der Waals surface area contributed by atoms with Gasteiger partial charge in [-0.25, -0.2) is 4.98 Å². The van der Waals surface area contributed by atoms with Crippen LogP contribution in [0.15, 0.2) is 53.7 Å². The van der Waals surface area contributed by atoms with Gasteiger partial charge in [0.1, 0.15) is 0 Å². The fourth-order valence-electron chi connectivity index (χ4n) is 2.10. The Labute approximate surface area is 127 Å². The molecular formula is C16H15N3OS. The van der Waals surface area contributed by atoms with Crippen molar-refractivity contribution in [3.05, 3.63) is 54.1 Å². The number of fused-ring (bicyclic) bond motifs is 1. The molecule has 0 radical (unpaired) electrons. The number of rotatable bonds is 4. The topological polar surface area (TPSA) is 57.8 Å². The molecule has 5 heteroatoms. The van der Waals surface area contributed by atoms with E-state index in [9.17, 15) is 4.79 Å². The lowest BCUT2D eigenvalue weighted by Gasteiger charge is -2.08. The van der Waals surface area contributed by atoms with E-state index in [4.69, 9.17) is 0 Å². The number of thioether (sulfide) groups is 1. The SMILES string of the molecule is CC(=O)Nc1ccccc1CSc1nc2ccccc2[nH]1. The third-order valence-corrected chi connectivity index (χ3v) is 3.98. The van der Waals surface area contributed by atoms with Crippen LogP contribution in [0.2, 0.25) is 0 Å². The maximum Gasteiger partial charge on any atom is 0.221 e. The zero-order chi connectivity index (χ0) is 14.7. The van der Waals surface area contributed by atoms with Gasteiger partial charge < -0.3 is 10.3 Å². The van der Waals surface area contributed by atoms with Gasteiger partial charge in [-0.2, -0.15) is 0 Å². The molecule has 0 aliphatic rings. The summed E-state index contributed by atoms with van der Waals surface area (Å²) in [5, 5.41) is 3.74.